The number of aromatic carboxylic acids is 1. The Bertz CT molecular complexity index is 610. The maximum atomic E-state index is 11.1. The van der Waals surface area contributed by atoms with Crippen molar-refractivity contribution in [1.29, 1.82) is 0 Å². The number of aromatic nitrogens is 3. The molecule has 20 heavy (non-hydrogen) atoms. The van der Waals surface area contributed by atoms with E-state index < -0.39 is 5.97 Å². The summed E-state index contributed by atoms with van der Waals surface area (Å²) in [6.07, 6.45) is 2.61. The molecule has 0 amide bonds. The van der Waals surface area contributed by atoms with Crippen molar-refractivity contribution in [3.05, 3.63) is 30.1 Å². The third kappa shape index (κ3) is 2.91. The molecule has 8 heteroatoms. The number of carbonyl (C=O) groups is 1. The van der Waals surface area contributed by atoms with E-state index in [2.05, 4.69) is 15.0 Å². The molecule has 0 unspecified atom stereocenters. The molecule has 0 atom stereocenters. The third-order valence-corrected chi connectivity index (χ3v) is 2.29. The van der Waals surface area contributed by atoms with Gasteiger partial charge >= 0.3 is 12.0 Å². The molecule has 0 saturated carbocycles. The summed E-state index contributed by atoms with van der Waals surface area (Å²) in [7, 11) is 2.86. The van der Waals surface area contributed by atoms with E-state index in [9.17, 15) is 4.79 Å². The molecule has 104 valence electrons. The minimum atomic E-state index is -1.14. The molecule has 2 heterocycles. The molecule has 8 nitrogen and oxygen atoms in total. The zero-order valence-corrected chi connectivity index (χ0v) is 10.7. The van der Waals surface area contributed by atoms with Gasteiger partial charge in [0.25, 0.3) is 0 Å². The van der Waals surface area contributed by atoms with Crippen molar-refractivity contribution in [2.75, 3.05) is 14.2 Å². The van der Waals surface area contributed by atoms with Crippen molar-refractivity contribution < 1.29 is 24.1 Å². The van der Waals surface area contributed by atoms with E-state index in [-0.39, 0.29) is 29.1 Å². The highest BCUT2D eigenvalue weighted by molar-refractivity contribution is 5.90. The Morgan fingerprint density at radius 1 is 1.20 bits per heavy atom. The molecular formula is C12H11N3O5. The van der Waals surface area contributed by atoms with Gasteiger partial charge in [-0.2, -0.15) is 9.97 Å². The number of nitrogens with zero attached hydrogens (tertiary/aromatic N) is 3. The van der Waals surface area contributed by atoms with Gasteiger partial charge in [-0.15, -0.1) is 0 Å². The van der Waals surface area contributed by atoms with Crippen LogP contribution in [-0.2, 0) is 0 Å². The first-order valence-electron chi connectivity index (χ1n) is 5.46. The van der Waals surface area contributed by atoms with E-state index in [1.54, 1.807) is 0 Å². The predicted octanol–water partition coefficient (Wildman–Crippen LogP) is 1.38. The van der Waals surface area contributed by atoms with Gasteiger partial charge in [0.05, 0.1) is 26.5 Å². The molecule has 0 spiro atoms. The fourth-order valence-corrected chi connectivity index (χ4v) is 1.37. The molecule has 0 aliphatic carbocycles. The minimum absolute atomic E-state index is 0.0234. The molecule has 2 aromatic heterocycles. The highest BCUT2D eigenvalue weighted by Crippen LogP contribution is 2.25. The van der Waals surface area contributed by atoms with Crippen LogP contribution in [0, 0.1) is 0 Å². The number of rotatable bonds is 5. The second-order valence-electron chi connectivity index (χ2n) is 3.51. The number of carboxylic acids is 1. The average Bonchev–Trinajstić information content (AvgIpc) is 2.47. The Morgan fingerprint density at radius 2 is 1.85 bits per heavy atom. The lowest BCUT2D eigenvalue weighted by atomic mass is 10.2. The standard InChI is InChI=1S/C12H11N3O5/c1-18-9-5-10(19-2)15-12(14-9)20-8-6-13-4-3-7(8)11(16)17/h3-6H,1-2H3,(H,16,17). The van der Waals surface area contributed by atoms with Crippen molar-refractivity contribution in [1.82, 2.24) is 15.0 Å². The zero-order chi connectivity index (χ0) is 14.5. The fourth-order valence-electron chi connectivity index (χ4n) is 1.37. The summed E-state index contributed by atoms with van der Waals surface area (Å²) in [5.74, 6) is -0.659. The Balaban J connectivity index is 2.37. The Labute approximate surface area is 114 Å². The summed E-state index contributed by atoms with van der Waals surface area (Å²) >= 11 is 0. The highest BCUT2D eigenvalue weighted by Gasteiger charge is 2.14. The third-order valence-electron chi connectivity index (χ3n) is 2.29. The quantitative estimate of drug-likeness (QED) is 0.874. The maximum Gasteiger partial charge on any atom is 0.339 e. The first-order chi connectivity index (χ1) is 9.63. The van der Waals surface area contributed by atoms with Gasteiger partial charge < -0.3 is 19.3 Å². The molecule has 0 aliphatic rings. The molecular weight excluding hydrogens is 266 g/mol. The topological polar surface area (TPSA) is 104 Å². The molecule has 2 rings (SSSR count). The van der Waals surface area contributed by atoms with Gasteiger partial charge in [0.15, 0.2) is 5.75 Å². The van der Waals surface area contributed by atoms with E-state index in [1.165, 1.54) is 38.7 Å². The van der Waals surface area contributed by atoms with E-state index >= 15 is 0 Å². The van der Waals surface area contributed by atoms with Crippen LogP contribution in [0.5, 0.6) is 23.5 Å². The van der Waals surface area contributed by atoms with Crippen molar-refractivity contribution in [2.45, 2.75) is 0 Å². The molecule has 0 aromatic carbocycles. The second-order valence-corrected chi connectivity index (χ2v) is 3.51. The monoisotopic (exact) mass is 277 g/mol. The van der Waals surface area contributed by atoms with Crippen molar-refractivity contribution in [3.8, 4) is 23.5 Å². The van der Waals surface area contributed by atoms with E-state index in [0.717, 1.165) is 0 Å². The van der Waals surface area contributed by atoms with Crippen molar-refractivity contribution in [3.63, 3.8) is 0 Å². The summed E-state index contributed by atoms with van der Waals surface area (Å²) in [5.41, 5.74) is -0.0506. The molecule has 0 bridgehead atoms. The SMILES string of the molecule is COc1cc(OC)nc(Oc2cnccc2C(=O)O)n1. The fraction of sp³-hybridized carbons (Fsp3) is 0.167. The van der Waals surface area contributed by atoms with Gasteiger partial charge in [0.2, 0.25) is 11.8 Å². The molecule has 1 N–H and O–H groups in total. The normalized spacial score (nSPS) is 9.90. The largest absolute Gasteiger partial charge is 0.481 e. The van der Waals surface area contributed by atoms with Crippen LogP contribution < -0.4 is 14.2 Å². The van der Waals surface area contributed by atoms with Crippen molar-refractivity contribution in [2.24, 2.45) is 0 Å². The van der Waals surface area contributed by atoms with Gasteiger partial charge in [-0.1, -0.05) is 0 Å². The lowest BCUT2D eigenvalue weighted by Gasteiger charge is -2.08. The predicted molar refractivity (Wildman–Crippen MR) is 66.4 cm³/mol. The second kappa shape index (κ2) is 5.83. The Morgan fingerprint density at radius 3 is 2.40 bits per heavy atom. The van der Waals surface area contributed by atoms with E-state index in [1.807, 2.05) is 0 Å². The summed E-state index contributed by atoms with van der Waals surface area (Å²) in [4.78, 5) is 22.7. The van der Waals surface area contributed by atoms with Crippen LogP contribution in [-0.4, -0.2) is 40.2 Å². The smallest absolute Gasteiger partial charge is 0.339 e. The number of pyridine rings is 1. The summed E-state index contributed by atoms with van der Waals surface area (Å²) in [5, 5.41) is 9.05. The van der Waals surface area contributed by atoms with Crippen LogP contribution in [0.15, 0.2) is 24.5 Å². The summed E-state index contributed by atoms with van der Waals surface area (Å²) in [6, 6.07) is 2.68. The van der Waals surface area contributed by atoms with Crippen LogP contribution in [0.4, 0.5) is 0 Å². The molecule has 0 saturated heterocycles. The zero-order valence-electron chi connectivity index (χ0n) is 10.7. The first-order valence-corrected chi connectivity index (χ1v) is 5.46. The molecule has 0 aliphatic heterocycles. The molecule has 2 aromatic rings. The molecule has 0 fully saturated rings. The lowest BCUT2D eigenvalue weighted by Crippen LogP contribution is -2.03. The first kappa shape index (κ1) is 13.5. The van der Waals surface area contributed by atoms with Crippen LogP contribution in [0.25, 0.3) is 0 Å². The van der Waals surface area contributed by atoms with Crippen LogP contribution >= 0.6 is 0 Å². The summed E-state index contributed by atoms with van der Waals surface area (Å²) in [6.45, 7) is 0. The molecule has 0 radical (unpaired) electrons. The van der Waals surface area contributed by atoms with Crippen LogP contribution in [0.2, 0.25) is 0 Å². The van der Waals surface area contributed by atoms with E-state index in [4.69, 9.17) is 19.3 Å². The minimum Gasteiger partial charge on any atom is -0.481 e. The lowest BCUT2D eigenvalue weighted by molar-refractivity contribution is 0.0694. The average molecular weight is 277 g/mol. The Kier molecular flexibility index (Phi) is 3.94. The number of ether oxygens (including phenoxy) is 3. The van der Waals surface area contributed by atoms with E-state index in [0.29, 0.717) is 0 Å². The highest BCUT2D eigenvalue weighted by atomic mass is 16.5. The number of hydrogen-bond donors (Lipinski definition) is 1. The van der Waals surface area contributed by atoms with Gasteiger partial charge in [-0.25, -0.2) is 4.79 Å². The van der Waals surface area contributed by atoms with Gasteiger partial charge in [-0.3, -0.25) is 4.98 Å². The van der Waals surface area contributed by atoms with Crippen LogP contribution in [0.1, 0.15) is 10.4 Å². The maximum absolute atomic E-state index is 11.1. The van der Waals surface area contributed by atoms with Crippen molar-refractivity contribution >= 4 is 5.97 Å². The van der Waals surface area contributed by atoms with Gasteiger partial charge in [0, 0.05) is 6.20 Å². The van der Waals surface area contributed by atoms with Crippen LogP contribution in [0.3, 0.4) is 0 Å². The summed E-state index contributed by atoms with van der Waals surface area (Å²) < 4.78 is 15.3. The number of carboxylic acid groups (broad SMARTS) is 1. The van der Waals surface area contributed by atoms with Gasteiger partial charge in [-0.05, 0) is 6.07 Å². The Hall–Kier alpha value is -2.90. The number of hydrogen-bond acceptors (Lipinski definition) is 7. The van der Waals surface area contributed by atoms with Gasteiger partial charge in [0.1, 0.15) is 5.56 Å². The number of methoxy groups -OCH3 is 2.